The molecule has 100 valence electrons. The summed E-state index contributed by atoms with van der Waals surface area (Å²) in [4.78, 5) is 6.87. The average Bonchev–Trinajstić information content (AvgIpc) is 2.39. The third kappa shape index (κ3) is 3.13. The van der Waals surface area contributed by atoms with Gasteiger partial charge in [0.2, 0.25) is 0 Å². The van der Waals surface area contributed by atoms with Crippen LogP contribution in [0.15, 0.2) is 18.3 Å². The number of anilines is 2. The summed E-state index contributed by atoms with van der Waals surface area (Å²) in [6, 6.07) is 5.12. The van der Waals surface area contributed by atoms with E-state index in [1.165, 1.54) is 12.8 Å². The fourth-order valence-corrected chi connectivity index (χ4v) is 2.47. The Morgan fingerprint density at radius 1 is 1.39 bits per heavy atom. The van der Waals surface area contributed by atoms with E-state index in [1.54, 1.807) is 0 Å². The number of rotatable bonds is 4. The van der Waals surface area contributed by atoms with Crippen molar-refractivity contribution in [3.05, 3.63) is 18.3 Å². The third-order valence-electron chi connectivity index (χ3n) is 3.42. The Morgan fingerprint density at radius 3 is 2.78 bits per heavy atom. The first-order valence-electron chi connectivity index (χ1n) is 6.83. The van der Waals surface area contributed by atoms with Crippen molar-refractivity contribution in [1.29, 1.82) is 0 Å². The van der Waals surface area contributed by atoms with E-state index in [0.717, 1.165) is 24.6 Å². The molecule has 2 N–H and O–H groups in total. The summed E-state index contributed by atoms with van der Waals surface area (Å²) in [5.41, 5.74) is 1.13. The lowest BCUT2D eigenvalue weighted by Crippen LogP contribution is -2.41. The Balaban J connectivity index is 2.15. The molecule has 0 bridgehead atoms. The van der Waals surface area contributed by atoms with Crippen molar-refractivity contribution in [3.63, 3.8) is 0 Å². The number of pyridine rings is 1. The number of nitrogens with one attached hydrogen (secondary N) is 2. The predicted octanol–water partition coefficient (Wildman–Crippen LogP) is 2.09. The van der Waals surface area contributed by atoms with Gasteiger partial charge >= 0.3 is 0 Å². The standard InChI is InChI=1S/C14H24N4/c1-11(2)17-13-5-4-8-16-14(13)18(3)12-6-9-15-10-7-12/h4-5,8,11-12,15,17H,6-7,9-10H2,1-3H3. The van der Waals surface area contributed by atoms with Gasteiger partial charge in [-0.1, -0.05) is 0 Å². The van der Waals surface area contributed by atoms with E-state index in [-0.39, 0.29) is 0 Å². The van der Waals surface area contributed by atoms with Crippen molar-refractivity contribution in [2.75, 3.05) is 30.4 Å². The Morgan fingerprint density at radius 2 is 2.11 bits per heavy atom. The number of piperidine rings is 1. The van der Waals surface area contributed by atoms with Crippen molar-refractivity contribution < 1.29 is 0 Å². The highest BCUT2D eigenvalue weighted by atomic mass is 15.2. The van der Waals surface area contributed by atoms with Crippen molar-refractivity contribution >= 4 is 11.5 Å². The topological polar surface area (TPSA) is 40.2 Å². The van der Waals surface area contributed by atoms with Crippen LogP contribution < -0.4 is 15.5 Å². The number of nitrogens with zero attached hydrogens (tertiary/aromatic N) is 2. The molecule has 1 aliphatic heterocycles. The first-order valence-corrected chi connectivity index (χ1v) is 6.83. The van der Waals surface area contributed by atoms with Crippen LogP contribution in [0.25, 0.3) is 0 Å². The molecule has 1 saturated heterocycles. The van der Waals surface area contributed by atoms with Crippen LogP contribution in [-0.4, -0.2) is 37.2 Å². The van der Waals surface area contributed by atoms with Gasteiger partial charge in [0.1, 0.15) is 0 Å². The highest BCUT2D eigenvalue weighted by molar-refractivity contribution is 5.65. The molecule has 0 saturated carbocycles. The molecule has 2 rings (SSSR count). The summed E-state index contributed by atoms with van der Waals surface area (Å²) in [5.74, 6) is 1.07. The molecule has 4 heteroatoms. The lowest BCUT2D eigenvalue weighted by Gasteiger charge is -2.33. The molecule has 1 fully saturated rings. The van der Waals surface area contributed by atoms with Gasteiger partial charge in [0.25, 0.3) is 0 Å². The summed E-state index contributed by atoms with van der Waals surface area (Å²) in [7, 11) is 2.16. The third-order valence-corrected chi connectivity index (χ3v) is 3.42. The maximum absolute atomic E-state index is 4.55. The van der Waals surface area contributed by atoms with E-state index in [1.807, 2.05) is 12.3 Å². The van der Waals surface area contributed by atoms with Crippen molar-refractivity contribution in [2.45, 2.75) is 38.8 Å². The van der Waals surface area contributed by atoms with Crippen LogP contribution in [0.2, 0.25) is 0 Å². The van der Waals surface area contributed by atoms with Crippen LogP contribution in [0.4, 0.5) is 11.5 Å². The zero-order valence-electron chi connectivity index (χ0n) is 11.6. The molecule has 0 aliphatic carbocycles. The fraction of sp³-hybridized carbons (Fsp3) is 0.643. The second kappa shape index (κ2) is 6.05. The van der Waals surface area contributed by atoms with Gasteiger partial charge in [-0.25, -0.2) is 4.98 Å². The van der Waals surface area contributed by atoms with Crippen LogP contribution in [0.3, 0.4) is 0 Å². The van der Waals surface area contributed by atoms with E-state index in [4.69, 9.17) is 0 Å². The quantitative estimate of drug-likeness (QED) is 0.856. The average molecular weight is 248 g/mol. The Hall–Kier alpha value is -1.29. The lowest BCUT2D eigenvalue weighted by atomic mass is 10.1. The van der Waals surface area contributed by atoms with Crippen LogP contribution in [0.5, 0.6) is 0 Å². The summed E-state index contributed by atoms with van der Waals surface area (Å²) in [6.07, 6.45) is 4.25. The van der Waals surface area contributed by atoms with Gasteiger partial charge < -0.3 is 15.5 Å². The monoisotopic (exact) mass is 248 g/mol. The molecular formula is C14H24N4. The minimum Gasteiger partial charge on any atom is -0.380 e. The van der Waals surface area contributed by atoms with Gasteiger partial charge in [-0.2, -0.15) is 0 Å². The van der Waals surface area contributed by atoms with Gasteiger partial charge in [0.15, 0.2) is 5.82 Å². The molecule has 4 nitrogen and oxygen atoms in total. The molecule has 0 amide bonds. The van der Waals surface area contributed by atoms with E-state index in [2.05, 4.69) is 47.5 Å². The minimum absolute atomic E-state index is 0.425. The normalized spacial score (nSPS) is 16.9. The molecule has 18 heavy (non-hydrogen) atoms. The van der Waals surface area contributed by atoms with E-state index < -0.39 is 0 Å². The summed E-state index contributed by atoms with van der Waals surface area (Å²) >= 11 is 0. The van der Waals surface area contributed by atoms with Crippen LogP contribution in [0, 0.1) is 0 Å². The molecule has 0 radical (unpaired) electrons. The largest absolute Gasteiger partial charge is 0.380 e. The summed E-state index contributed by atoms with van der Waals surface area (Å²) < 4.78 is 0. The van der Waals surface area contributed by atoms with Crippen molar-refractivity contribution in [2.24, 2.45) is 0 Å². The van der Waals surface area contributed by atoms with Gasteiger partial charge in [-0.15, -0.1) is 0 Å². The van der Waals surface area contributed by atoms with Gasteiger partial charge in [-0.05, 0) is 51.9 Å². The lowest BCUT2D eigenvalue weighted by molar-refractivity contribution is 0.442. The molecule has 1 aromatic rings. The first-order chi connectivity index (χ1) is 8.68. The summed E-state index contributed by atoms with van der Waals surface area (Å²) in [5, 5.41) is 6.88. The minimum atomic E-state index is 0.425. The number of aromatic nitrogens is 1. The van der Waals surface area contributed by atoms with E-state index in [0.29, 0.717) is 12.1 Å². The van der Waals surface area contributed by atoms with Crippen molar-refractivity contribution in [1.82, 2.24) is 10.3 Å². The van der Waals surface area contributed by atoms with Crippen LogP contribution in [0.1, 0.15) is 26.7 Å². The SMILES string of the molecule is CC(C)Nc1cccnc1N(C)C1CCNCC1. The maximum Gasteiger partial charge on any atom is 0.151 e. The molecule has 0 aromatic carbocycles. The smallest absolute Gasteiger partial charge is 0.151 e. The molecular weight excluding hydrogens is 224 g/mol. The Bertz CT molecular complexity index is 372. The molecule has 2 heterocycles. The molecule has 0 unspecified atom stereocenters. The fourth-order valence-electron chi connectivity index (χ4n) is 2.47. The molecule has 0 atom stereocenters. The second-order valence-corrected chi connectivity index (χ2v) is 5.27. The second-order valence-electron chi connectivity index (χ2n) is 5.27. The van der Waals surface area contributed by atoms with Gasteiger partial charge in [0.05, 0.1) is 5.69 Å². The van der Waals surface area contributed by atoms with Crippen molar-refractivity contribution in [3.8, 4) is 0 Å². The van der Waals surface area contributed by atoms with Gasteiger partial charge in [-0.3, -0.25) is 0 Å². The predicted molar refractivity (Wildman–Crippen MR) is 77.3 cm³/mol. The molecule has 0 spiro atoms. The van der Waals surface area contributed by atoms with Crippen LogP contribution in [-0.2, 0) is 0 Å². The van der Waals surface area contributed by atoms with E-state index >= 15 is 0 Å². The highest BCUT2D eigenvalue weighted by Gasteiger charge is 2.20. The van der Waals surface area contributed by atoms with E-state index in [9.17, 15) is 0 Å². The first kappa shape index (κ1) is 13.1. The highest BCUT2D eigenvalue weighted by Crippen LogP contribution is 2.26. The summed E-state index contributed by atoms with van der Waals surface area (Å²) in [6.45, 7) is 6.52. The van der Waals surface area contributed by atoms with Gasteiger partial charge in [0, 0.05) is 25.3 Å². The zero-order valence-corrected chi connectivity index (χ0v) is 11.6. The Labute approximate surface area is 110 Å². The molecule has 1 aromatic heterocycles. The number of hydrogen-bond donors (Lipinski definition) is 2. The van der Waals surface area contributed by atoms with Crippen LogP contribution >= 0.6 is 0 Å². The Kier molecular flexibility index (Phi) is 4.42. The zero-order chi connectivity index (χ0) is 13.0. The number of hydrogen-bond acceptors (Lipinski definition) is 4. The molecule has 1 aliphatic rings. The maximum atomic E-state index is 4.55.